The number of carbonyl (C=O) groups excluding carboxylic acids is 1. The predicted molar refractivity (Wildman–Crippen MR) is 66.3 cm³/mol. The lowest BCUT2D eigenvalue weighted by Gasteiger charge is -2.18. The molecule has 18 heavy (non-hydrogen) atoms. The molecule has 1 aromatic rings. The van der Waals surface area contributed by atoms with Crippen molar-refractivity contribution in [2.75, 3.05) is 6.61 Å². The SMILES string of the molecule is CCOC(=O)CC(O)C(O)c1ccc(Br)cc1F. The van der Waals surface area contributed by atoms with E-state index >= 15 is 0 Å². The van der Waals surface area contributed by atoms with Crippen LogP contribution in [0.15, 0.2) is 22.7 Å². The average Bonchev–Trinajstić information content (AvgIpc) is 2.28. The molecule has 100 valence electrons. The first-order valence-electron chi connectivity index (χ1n) is 5.42. The Labute approximate surface area is 113 Å². The van der Waals surface area contributed by atoms with Gasteiger partial charge in [-0.2, -0.15) is 0 Å². The molecule has 0 radical (unpaired) electrons. The molecule has 4 nitrogen and oxygen atoms in total. The van der Waals surface area contributed by atoms with Crippen molar-refractivity contribution < 1.29 is 24.1 Å². The topological polar surface area (TPSA) is 66.8 Å². The van der Waals surface area contributed by atoms with E-state index in [0.717, 1.165) is 0 Å². The molecule has 0 fully saturated rings. The fourth-order valence-electron chi connectivity index (χ4n) is 1.45. The van der Waals surface area contributed by atoms with Gasteiger partial charge in [0.25, 0.3) is 0 Å². The Balaban J connectivity index is 2.73. The number of benzene rings is 1. The second-order valence-corrected chi connectivity index (χ2v) is 4.60. The van der Waals surface area contributed by atoms with Gasteiger partial charge in [0.1, 0.15) is 11.9 Å². The molecule has 0 spiro atoms. The van der Waals surface area contributed by atoms with Crippen LogP contribution in [0.25, 0.3) is 0 Å². The largest absolute Gasteiger partial charge is 0.466 e. The summed E-state index contributed by atoms with van der Waals surface area (Å²) in [7, 11) is 0. The molecule has 2 unspecified atom stereocenters. The summed E-state index contributed by atoms with van der Waals surface area (Å²) in [6.07, 6.45) is -3.26. The number of hydrogen-bond donors (Lipinski definition) is 2. The van der Waals surface area contributed by atoms with Crippen molar-refractivity contribution in [2.45, 2.75) is 25.6 Å². The molecule has 0 bridgehead atoms. The van der Waals surface area contributed by atoms with Crippen LogP contribution in [0.3, 0.4) is 0 Å². The van der Waals surface area contributed by atoms with Crippen LogP contribution in [0, 0.1) is 5.82 Å². The summed E-state index contributed by atoms with van der Waals surface area (Å²) in [5, 5.41) is 19.4. The second kappa shape index (κ2) is 6.82. The Morgan fingerprint density at radius 1 is 1.50 bits per heavy atom. The maximum atomic E-state index is 13.5. The van der Waals surface area contributed by atoms with E-state index in [1.807, 2.05) is 0 Å². The lowest BCUT2D eigenvalue weighted by Crippen LogP contribution is -2.23. The van der Waals surface area contributed by atoms with Crippen LogP contribution < -0.4 is 0 Å². The lowest BCUT2D eigenvalue weighted by atomic mass is 10.0. The molecule has 6 heteroatoms. The average molecular weight is 321 g/mol. The molecule has 0 saturated heterocycles. The van der Waals surface area contributed by atoms with Crippen molar-refractivity contribution >= 4 is 21.9 Å². The Hall–Kier alpha value is -0.980. The molecule has 0 aromatic heterocycles. The number of hydrogen-bond acceptors (Lipinski definition) is 4. The molecule has 2 N–H and O–H groups in total. The van der Waals surface area contributed by atoms with E-state index in [1.54, 1.807) is 13.0 Å². The molecular weight excluding hydrogens is 307 g/mol. The van der Waals surface area contributed by atoms with Gasteiger partial charge in [-0.1, -0.05) is 22.0 Å². The zero-order valence-electron chi connectivity index (χ0n) is 9.77. The predicted octanol–water partition coefficient (Wildman–Crippen LogP) is 1.94. The monoisotopic (exact) mass is 320 g/mol. The summed E-state index contributed by atoms with van der Waals surface area (Å²) >= 11 is 3.09. The highest BCUT2D eigenvalue weighted by Gasteiger charge is 2.24. The van der Waals surface area contributed by atoms with Gasteiger partial charge in [-0.15, -0.1) is 0 Å². The number of aliphatic hydroxyl groups is 2. The van der Waals surface area contributed by atoms with Crippen LogP contribution in [0.2, 0.25) is 0 Å². The quantitative estimate of drug-likeness (QED) is 0.814. The van der Waals surface area contributed by atoms with Crippen molar-refractivity contribution in [3.8, 4) is 0 Å². The van der Waals surface area contributed by atoms with E-state index in [0.29, 0.717) is 4.47 Å². The van der Waals surface area contributed by atoms with Crippen LogP contribution in [0.5, 0.6) is 0 Å². The highest BCUT2D eigenvalue weighted by molar-refractivity contribution is 9.10. The van der Waals surface area contributed by atoms with E-state index in [4.69, 9.17) is 0 Å². The van der Waals surface area contributed by atoms with Crippen LogP contribution in [0.4, 0.5) is 4.39 Å². The number of halogens is 2. The summed E-state index contributed by atoms with van der Waals surface area (Å²) in [6, 6.07) is 4.06. The Morgan fingerprint density at radius 2 is 2.17 bits per heavy atom. The molecule has 0 saturated carbocycles. The molecule has 2 atom stereocenters. The van der Waals surface area contributed by atoms with E-state index < -0.39 is 24.0 Å². The maximum absolute atomic E-state index is 13.5. The van der Waals surface area contributed by atoms with Gasteiger partial charge in [0, 0.05) is 10.0 Å². The number of aliphatic hydroxyl groups excluding tert-OH is 2. The fourth-order valence-corrected chi connectivity index (χ4v) is 1.78. The Kier molecular flexibility index (Phi) is 5.71. The third-order valence-corrected chi connectivity index (χ3v) is 2.82. The number of carbonyl (C=O) groups is 1. The number of ether oxygens (including phenoxy) is 1. The Bertz CT molecular complexity index is 425. The van der Waals surface area contributed by atoms with Gasteiger partial charge in [0.05, 0.1) is 19.1 Å². The third-order valence-electron chi connectivity index (χ3n) is 2.33. The van der Waals surface area contributed by atoms with Gasteiger partial charge >= 0.3 is 5.97 Å². The molecule has 0 aliphatic heterocycles. The van der Waals surface area contributed by atoms with Crippen LogP contribution >= 0.6 is 15.9 Å². The van der Waals surface area contributed by atoms with Crippen LogP contribution in [-0.2, 0) is 9.53 Å². The number of rotatable bonds is 5. The molecule has 0 amide bonds. The normalized spacial score (nSPS) is 14.1. The van der Waals surface area contributed by atoms with Gasteiger partial charge in [-0.05, 0) is 19.1 Å². The molecule has 0 aliphatic carbocycles. The first kappa shape index (κ1) is 15.1. The van der Waals surface area contributed by atoms with Crippen molar-refractivity contribution in [3.63, 3.8) is 0 Å². The summed E-state index contributed by atoms with van der Waals surface area (Å²) in [6.45, 7) is 1.82. The zero-order chi connectivity index (χ0) is 13.7. The minimum absolute atomic E-state index is 0.0602. The maximum Gasteiger partial charge on any atom is 0.308 e. The van der Waals surface area contributed by atoms with Crippen LogP contribution in [0.1, 0.15) is 25.0 Å². The summed E-state index contributed by atoms with van der Waals surface area (Å²) in [5.41, 5.74) is -0.0602. The molecule has 1 aromatic carbocycles. The minimum atomic E-state index is -1.47. The van der Waals surface area contributed by atoms with Crippen molar-refractivity contribution in [2.24, 2.45) is 0 Å². The fraction of sp³-hybridized carbons (Fsp3) is 0.417. The van der Waals surface area contributed by atoms with E-state index in [-0.39, 0.29) is 18.6 Å². The third kappa shape index (κ3) is 4.04. The standard InChI is InChI=1S/C12H14BrFO4/c1-2-18-11(16)6-10(15)12(17)8-4-3-7(13)5-9(8)14/h3-5,10,12,15,17H,2,6H2,1H3. The first-order valence-corrected chi connectivity index (χ1v) is 6.21. The van der Waals surface area contributed by atoms with Gasteiger partial charge in [0.15, 0.2) is 0 Å². The smallest absolute Gasteiger partial charge is 0.308 e. The molecular formula is C12H14BrFO4. The highest BCUT2D eigenvalue weighted by atomic mass is 79.9. The van der Waals surface area contributed by atoms with E-state index in [1.165, 1.54) is 12.1 Å². The second-order valence-electron chi connectivity index (χ2n) is 3.69. The van der Waals surface area contributed by atoms with Gasteiger partial charge in [-0.3, -0.25) is 4.79 Å². The highest BCUT2D eigenvalue weighted by Crippen LogP contribution is 2.24. The van der Waals surface area contributed by atoms with Crippen molar-refractivity contribution in [3.05, 3.63) is 34.1 Å². The van der Waals surface area contributed by atoms with Crippen LogP contribution in [-0.4, -0.2) is 28.9 Å². The lowest BCUT2D eigenvalue weighted by molar-refractivity contribution is -0.147. The number of esters is 1. The summed E-state index contributed by atoms with van der Waals surface area (Å²) in [5.74, 6) is -1.29. The van der Waals surface area contributed by atoms with Gasteiger partial charge in [0.2, 0.25) is 0 Å². The van der Waals surface area contributed by atoms with E-state index in [9.17, 15) is 19.4 Å². The van der Waals surface area contributed by atoms with Crippen molar-refractivity contribution in [1.82, 2.24) is 0 Å². The summed E-state index contributed by atoms with van der Waals surface area (Å²) in [4.78, 5) is 11.1. The zero-order valence-corrected chi connectivity index (χ0v) is 11.4. The Morgan fingerprint density at radius 3 is 2.72 bits per heavy atom. The molecule has 1 rings (SSSR count). The molecule has 0 aliphatic rings. The first-order chi connectivity index (χ1) is 8.45. The van der Waals surface area contributed by atoms with Gasteiger partial charge in [-0.25, -0.2) is 4.39 Å². The molecule has 0 heterocycles. The van der Waals surface area contributed by atoms with Gasteiger partial charge < -0.3 is 14.9 Å². The van der Waals surface area contributed by atoms with E-state index in [2.05, 4.69) is 20.7 Å². The minimum Gasteiger partial charge on any atom is -0.466 e. The summed E-state index contributed by atoms with van der Waals surface area (Å²) < 4.78 is 18.7. The van der Waals surface area contributed by atoms with Crippen molar-refractivity contribution in [1.29, 1.82) is 0 Å².